The van der Waals surface area contributed by atoms with Crippen molar-refractivity contribution in [2.75, 3.05) is 0 Å². The summed E-state index contributed by atoms with van der Waals surface area (Å²) in [4.78, 5) is 19.2. The Morgan fingerprint density at radius 1 is 1.56 bits per heavy atom. The number of carbonyl (C=O) groups is 1. The van der Waals surface area contributed by atoms with Gasteiger partial charge in [0, 0.05) is 17.7 Å². The van der Waals surface area contributed by atoms with Gasteiger partial charge in [0.25, 0.3) is 0 Å². The van der Waals surface area contributed by atoms with Gasteiger partial charge in [0.2, 0.25) is 6.20 Å². The Morgan fingerprint density at radius 2 is 2.44 bits per heavy atom. The van der Waals surface area contributed by atoms with Gasteiger partial charge in [-0.05, 0) is 6.07 Å². The summed E-state index contributed by atoms with van der Waals surface area (Å²) in [5.74, 6) is -0.830. The standard InChI is InChI=1S/C9H8N4O2S/c14-9(15)2-4-13-5-8(16-12-13)7-1-3-10-6-11-7/h1,3,5-6H,2,4H2/p+1. The summed E-state index contributed by atoms with van der Waals surface area (Å²) < 4.78 is 5.71. The monoisotopic (exact) mass is 237 g/mol. The van der Waals surface area contributed by atoms with Crippen LogP contribution in [-0.4, -0.2) is 25.5 Å². The molecule has 2 aromatic heterocycles. The van der Waals surface area contributed by atoms with E-state index in [0.717, 1.165) is 10.6 Å². The van der Waals surface area contributed by atoms with Crippen LogP contribution in [0.4, 0.5) is 0 Å². The molecule has 0 aliphatic heterocycles. The maximum atomic E-state index is 10.4. The fourth-order valence-electron chi connectivity index (χ4n) is 1.14. The molecule has 0 saturated carbocycles. The van der Waals surface area contributed by atoms with E-state index < -0.39 is 5.97 Å². The highest BCUT2D eigenvalue weighted by atomic mass is 32.1. The summed E-state index contributed by atoms with van der Waals surface area (Å²) in [5, 5.41) is 8.54. The molecule has 0 aromatic carbocycles. The molecule has 2 heterocycles. The predicted octanol–water partition coefficient (Wildman–Crippen LogP) is 0.362. The van der Waals surface area contributed by atoms with Crippen LogP contribution >= 0.6 is 11.5 Å². The van der Waals surface area contributed by atoms with Crippen molar-refractivity contribution < 1.29 is 14.6 Å². The third kappa shape index (κ3) is 2.57. The molecule has 0 fully saturated rings. The SMILES string of the molecule is O=C(O)CC[n+]1cc(-c2ccncn2)sn1. The molecule has 1 N–H and O–H groups in total. The van der Waals surface area contributed by atoms with E-state index >= 15 is 0 Å². The molecule has 2 aromatic rings. The first-order valence-electron chi connectivity index (χ1n) is 4.60. The quantitative estimate of drug-likeness (QED) is 0.777. The fraction of sp³-hybridized carbons (Fsp3) is 0.222. The lowest BCUT2D eigenvalue weighted by Crippen LogP contribution is -2.35. The minimum atomic E-state index is -0.830. The molecule has 0 unspecified atom stereocenters. The number of aliphatic carboxylic acids is 1. The molecule has 0 aliphatic carbocycles. The zero-order valence-corrected chi connectivity index (χ0v) is 9.09. The van der Waals surface area contributed by atoms with E-state index in [0.29, 0.717) is 6.54 Å². The third-order valence-electron chi connectivity index (χ3n) is 1.90. The molecule has 82 valence electrons. The molecule has 0 atom stereocenters. The molecule has 6 nitrogen and oxygen atoms in total. The highest BCUT2D eigenvalue weighted by Gasteiger charge is 2.13. The van der Waals surface area contributed by atoms with Crippen LogP contribution in [-0.2, 0) is 11.3 Å². The van der Waals surface area contributed by atoms with Crippen molar-refractivity contribution in [1.82, 2.24) is 14.5 Å². The molecule has 0 radical (unpaired) electrons. The second kappa shape index (κ2) is 4.75. The van der Waals surface area contributed by atoms with E-state index in [1.165, 1.54) is 17.9 Å². The van der Waals surface area contributed by atoms with E-state index in [4.69, 9.17) is 5.11 Å². The van der Waals surface area contributed by atoms with Crippen molar-refractivity contribution >= 4 is 17.5 Å². The van der Waals surface area contributed by atoms with Crippen LogP contribution in [0.15, 0.2) is 24.8 Å². The predicted molar refractivity (Wildman–Crippen MR) is 55.6 cm³/mol. The Hall–Kier alpha value is -1.89. The van der Waals surface area contributed by atoms with E-state index in [1.54, 1.807) is 23.1 Å². The Kier molecular flexibility index (Phi) is 3.16. The van der Waals surface area contributed by atoms with Gasteiger partial charge in [0.05, 0.1) is 10.2 Å². The molecule has 0 spiro atoms. The van der Waals surface area contributed by atoms with Crippen LogP contribution in [0.5, 0.6) is 0 Å². The second-order valence-electron chi connectivity index (χ2n) is 3.07. The number of hydrogen-bond acceptors (Lipinski definition) is 5. The zero-order valence-electron chi connectivity index (χ0n) is 8.28. The summed E-state index contributed by atoms with van der Waals surface area (Å²) in [5.41, 5.74) is 0.793. The van der Waals surface area contributed by atoms with Gasteiger partial charge in [-0.3, -0.25) is 4.79 Å². The van der Waals surface area contributed by atoms with Crippen LogP contribution in [0, 0.1) is 0 Å². The maximum Gasteiger partial charge on any atom is 0.309 e. The fourth-order valence-corrected chi connectivity index (χ4v) is 1.85. The van der Waals surface area contributed by atoms with Gasteiger partial charge in [-0.25, -0.2) is 9.97 Å². The minimum Gasteiger partial charge on any atom is -0.481 e. The van der Waals surface area contributed by atoms with Crippen molar-refractivity contribution in [3.05, 3.63) is 24.8 Å². The zero-order chi connectivity index (χ0) is 11.4. The number of carboxylic acids is 1. The lowest BCUT2D eigenvalue weighted by Gasteiger charge is -1.88. The summed E-state index contributed by atoms with van der Waals surface area (Å²) >= 11 is 1.28. The lowest BCUT2D eigenvalue weighted by molar-refractivity contribution is -0.745. The van der Waals surface area contributed by atoms with Crippen LogP contribution in [0.2, 0.25) is 0 Å². The van der Waals surface area contributed by atoms with Gasteiger partial charge < -0.3 is 5.11 Å². The number of carboxylic acid groups (broad SMARTS) is 1. The lowest BCUT2D eigenvalue weighted by atomic mass is 10.3. The van der Waals surface area contributed by atoms with Gasteiger partial charge in [0.15, 0.2) is 6.54 Å². The van der Waals surface area contributed by atoms with Crippen molar-refractivity contribution in [3.63, 3.8) is 0 Å². The summed E-state index contributed by atoms with van der Waals surface area (Å²) in [7, 11) is 0. The number of hydrogen-bond donors (Lipinski definition) is 1. The molecule has 7 heteroatoms. The first-order valence-corrected chi connectivity index (χ1v) is 5.37. The van der Waals surface area contributed by atoms with Crippen LogP contribution in [0.3, 0.4) is 0 Å². The summed E-state index contributed by atoms with van der Waals surface area (Å²) in [6.07, 6.45) is 4.98. The van der Waals surface area contributed by atoms with Crippen LogP contribution < -0.4 is 4.68 Å². The summed E-state index contributed by atoms with van der Waals surface area (Å²) in [6, 6.07) is 1.79. The average molecular weight is 237 g/mol. The largest absolute Gasteiger partial charge is 0.481 e. The Balaban J connectivity index is 2.11. The molecule has 2 rings (SSSR count). The van der Waals surface area contributed by atoms with Gasteiger partial charge in [-0.1, -0.05) is 4.68 Å². The Labute approximate surface area is 95.4 Å². The van der Waals surface area contributed by atoms with Gasteiger partial charge in [-0.2, -0.15) is 0 Å². The molecule has 0 aliphatic rings. The van der Waals surface area contributed by atoms with Crippen LogP contribution in [0.25, 0.3) is 10.6 Å². The minimum absolute atomic E-state index is 0.0671. The van der Waals surface area contributed by atoms with Gasteiger partial charge in [0.1, 0.15) is 17.6 Å². The Bertz CT molecular complexity index is 485. The van der Waals surface area contributed by atoms with Crippen molar-refractivity contribution in [1.29, 1.82) is 0 Å². The number of rotatable bonds is 4. The number of aromatic nitrogens is 4. The first kappa shape index (κ1) is 10.6. The first-order chi connectivity index (χ1) is 7.75. The van der Waals surface area contributed by atoms with Gasteiger partial charge >= 0.3 is 5.97 Å². The van der Waals surface area contributed by atoms with Crippen molar-refractivity contribution in [2.45, 2.75) is 13.0 Å². The highest BCUT2D eigenvalue weighted by molar-refractivity contribution is 7.09. The topological polar surface area (TPSA) is 79.9 Å². The molecular weight excluding hydrogens is 228 g/mol. The average Bonchev–Trinajstić information content (AvgIpc) is 2.76. The second-order valence-corrected chi connectivity index (χ2v) is 3.85. The molecule has 0 saturated heterocycles. The molecular formula is C9H9N4O2S+. The van der Waals surface area contributed by atoms with E-state index in [1.807, 2.05) is 0 Å². The smallest absolute Gasteiger partial charge is 0.309 e. The molecule has 16 heavy (non-hydrogen) atoms. The van der Waals surface area contributed by atoms with E-state index in [9.17, 15) is 4.79 Å². The van der Waals surface area contributed by atoms with Crippen molar-refractivity contribution in [2.24, 2.45) is 0 Å². The van der Waals surface area contributed by atoms with Gasteiger partial charge in [-0.15, -0.1) is 0 Å². The number of nitrogens with zero attached hydrogens (tertiary/aromatic N) is 4. The third-order valence-corrected chi connectivity index (χ3v) is 2.70. The van der Waals surface area contributed by atoms with Crippen molar-refractivity contribution in [3.8, 4) is 10.6 Å². The van der Waals surface area contributed by atoms with Crippen LogP contribution in [0.1, 0.15) is 6.42 Å². The normalized spacial score (nSPS) is 10.2. The van der Waals surface area contributed by atoms with E-state index in [2.05, 4.69) is 14.5 Å². The Morgan fingerprint density at radius 3 is 3.12 bits per heavy atom. The highest BCUT2D eigenvalue weighted by Crippen LogP contribution is 2.16. The molecule has 0 bridgehead atoms. The van der Waals surface area contributed by atoms with E-state index in [-0.39, 0.29) is 6.42 Å². The molecule has 0 amide bonds. The summed E-state index contributed by atoms with van der Waals surface area (Å²) in [6.45, 7) is 0.372. The maximum absolute atomic E-state index is 10.4. The number of aryl methyl sites for hydroxylation is 1.